The maximum atomic E-state index is 13.7. The van der Waals surface area contributed by atoms with E-state index in [2.05, 4.69) is 0 Å². The number of rotatable bonds is 1. The van der Waals surface area contributed by atoms with Crippen LogP contribution in [-0.4, -0.2) is 0 Å². The molecule has 0 saturated heterocycles. The van der Waals surface area contributed by atoms with Gasteiger partial charge < -0.3 is 0 Å². The fourth-order valence-corrected chi connectivity index (χ4v) is 2.06. The van der Waals surface area contributed by atoms with Crippen molar-refractivity contribution in [1.29, 1.82) is 0 Å². The lowest BCUT2D eigenvalue weighted by molar-refractivity contribution is 0.630. The molecular weight excluding hydrogens is 246 g/mol. The van der Waals surface area contributed by atoms with Crippen LogP contribution < -0.4 is 0 Å². The molecule has 2 aromatic carbocycles. The molecule has 0 spiro atoms. The molecule has 0 radical (unpaired) electrons. The highest BCUT2D eigenvalue weighted by Crippen LogP contribution is 2.32. The van der Waals surface area contributed by atoms with Crippen LogP contribution >= 0.6 is 23.2 Å². The van der Waals surface area contributed by atoms with Gasteiger partial charge in [-0.1, -0.05) is 41.4 Å². The molecule has 0 nitrogen and oxygen atoms in total. The van der Waals surface area contributed by atoms with Gasteiger partial charge in [0.2, 0.25) is 0 Å². The van der Waals surface area contributed by atoms with E-state index in [1.165, 1.54) is 6.07 Å². The van der Waals surface area contributed by atoms with E-state index in [0.29, 0.717) is 21.2 Å². The lowest BCUT2D eigenvalue weighted by Crippen LogP contribution is -1.86. The number of hydrogen-bond donors (Lipinski definition) is 0. The first-order valence-corrected chi connectivity index (χ1v) is 5.55. The smallest absolute Gasteiger partial charge is 0.131 e. The second kappa shape index (κ2) is 4.44. The van der Waals surface area contributed by atoms with Crippen LogP contribution in [0.15, 0.2) is 36.4 Å². The van der Waals surface area contributed by atoms with Crippen LogP contribution in [0.3, 0.4) is 0 Å². The van der Waals surface area contributed by atoms with Crippen molar-refractivity contribution in [2.45, 2.75) is 6.92 Å². The van der Waals surface area contributed by atoms with Crippen LogP contribution in [0.5, 0.6) is 0 Å². The summed E-state index contributed by atoms with van der Waals surface area (Å²) < 4.78 is 13.7. The Hall–Kier alpha value is -1.05. The largest absolute Gasteiger partial charge is 0.206 e. The second-order valence-electron chi connectivity index (χ2n) is 3.61. The minimum Gasteiger partial charge on any atom is -0.206 e. The van der Waals surface area contributed by atoms with E-state index < -0.39 is 0 Å². The highest BCUT2D eigenvalue weighted by atomic mass is 35.5. The number of aryl methyl sites for hydroxylation is 1. The predicted octanol–water partition coefficient (Wildman–Crippen LogP) is 5.11. The Morgan fingerprint density at radius 1 is 0.938 bits per heavy atom. The predicted molar refractivity (Wildman–Crippen MR) is 66.6 cm³/mol. The van der Waals surface area contributed by atoms with E-state index in [-0.39, 0.29) is 5.82 Å². The Morgan fingerprint density at radius 2 is 1.62 bits per heavy atom. The average molecular weight is 255 g/mol. The minimum atomic E-state index is -0.274. The van der Waals surface area contributed by atoms with Gasteiger partial charge >= 0.3 is 0 Å². The van der Waals surface area contributed by atoms with Gasteiger partial charge in [0.05, 0.1) is 0 Å². The zero-order chi connectivity index (χ0) is 11.7. The van der Waals surface area contributed by atoms with Crippen LogP contribution in [0.1, 0.15) is 5.56 Å². The lowest BCUT2D eigenvalue weighted by Gasteiger charge is -2.07. The van der Waals surface area contributed by atoms with Crippen LogP contribution in [0, 0.1) is 12.7 Å². The molecule has 0 amide bonds. The van der Waals surface area contributed by atoms with E-state index in [9.17, 15) is 4.39 Å². The van der Waals surface area contributed by atoms with Crippen molar-refractivity contribution in [3.8, 4) is 11.1 Å². The normalized spacial score (nSPS) is 10.5. The molecule has 0 fully saturated rings. The molecule has 0 N–H and O–H groups in total. The topological polar surface area (TPSA) is 0 Å². The first-order valence-electron chi connectivity index (χ1n) is 4.79. The Balaban J connectivity index is 2.59. The molecule has 0 saturated carbocycles. The van der Waals surface area contributed by atoms with Crippen molar-refractivity contribution in [3.05, 3.63) is 57.8 Å². The van der Waals surface area contributed by atoms with Crippen LogP contribution in [0.25, 0.3) is 11.1 Å². The molecule has 82 valence electrons. The summed E-state index contributed by atoms with van der Waals surface area (Å²) in [4.78, 5) is 0. The van der Waals surface area contributed by atoms with E-state index in [0.717, 1.165) is 5.56 Å². The summed E-state index contributed by atoms with van der Waals surface area (Å²) >= 11 is 11.8. The fourth-order valence-electron chi connectivity index (χ4n) is 1.55. The molecule has 0 aliphatic rings. The van der Waals surface area contributed by atoms with Crippen molar-refractivity contribution in [2.24, 2.45) is 0 Å². The molecular formula is C13H9Cl2F. The number of benzene rings is 2. The third-order valence-corrected chi connectivity index (χ3v) is 2.89. The van der Waals surface area contributed by atoms with E-state index in [1.807, 2.05) is 13.0 Å². The SMILES string of the molecule is Cc1ccc(-c2ccc(Cl)cc2Cl)c(F)c1. The minimum absolute atomic E-state index is 0.274. The van der Waals surface area contributed by atoms with E-state index >= 15 is 0 Å². The highest BCUT2D eigenvalue weighted by Gasteiger charge is 2.09. The molecule has 16 heavy (non-hydrogen) atoms. The molecule has 0 heterocycles. The Labute approximate surface area is 104 Å². The van der Waals surface area contributed by atoms with Gasteiger partial charge in [-0.15, -0.1) is 0 Å². The summed E-state index contributed by atoms with van der Waals surface area (Å²) in [7, 11) is 0. The van der Waals surface area contributed by atoms with E-state index in [1.54, 1.807) is 24.3 Å². The standard InChI is InChI=1S/C13H9Cl2F/c1-8-2-4-11(13(16)6-8)10-5-3-9(14)7-12(10)15/h2-7H,1H3. The van der Waals surface area contributed by atoms with Gasteiger partial charge in [0.25, 0.3) is 0 Å². The Bertz CT molecular complexity index is 486. The molecule has 0 unspecified atom stereocenters. The first kappa shape index (κ1) is 11.4. The summed E-state index contributed by atoms with van der Waals surface area (Å²) in [5, 5.41) is 0.997. The molecule has 0 aliphatic heterocycles. The van der Waals surface area contributed by atoms with Gasteiger partial charge in [-0.3, -0.25) is 0 Å². The van der Waals surface area contributed by atoms with Crippen molar-refractivity contribution in [3.63, 3.8) is 0 Å². The third kappa shape index (κ3) is 2.21. The number of hydrogen-bond acceptors (Lipinski definition) is 0. The van der Waals surface area contributed by atoms with Gasteiger partial charge in [0, 0.05) is 21.2 Å². The van der Waals surface area contributed by atoms with Gasteiger partial charge in [-0.25, -0.2) is 4.39 Å². The third-order valence-electron chi connectivity index (χ3n) is 2.35. The Morgan fingerprint density at radius 3 is 2.25 bits per heavy atom. The Kier molecular flexibility index (Phi) is 3.17. The maximum absolute atomic E-state index is 13.7. The molecule has 0 aliphatic carbocycles. The molecule has 0 atom stereocenters. The number of halogens is 3. The molecule has 2 aromatic rings. The van der Waals surface area contributed by atoms with E-state index in [4.69, 9.17) is 23.2 Å². The monoisotopic (exact) mass is 254 g/mol. The maximum Gasteiger partial charge on any atom is 0.131 e. The van der Waals surface area contributed by atoms with Crippen LogP contribution in [-0.2, 0) is 0 Å². The van der Waals surface area contributed by atoms with Crippen molar-refractivity contribution in [1.82, 2.24) is 0 Å². The zero-order valence-electron chi connectivity index (χ0n) is 8.60. The fraction of sp³-hybridized carbons (Fsp3) is 0.0769. The highest BCUT2D eigenvalue weighted by molar-refractivity contribution is 6.36. The van der Waals surface area contributed by atoms with Gasteiger partial charge in [-0.2, -0.15) is 0 Å². The zero-order valence-corrected chi connectivity index (χ0v) is 10.1. The quantitative estimate of drug-likeness (QED) is 0.664. The van der Waals surface area contributed by atoms with Crippen LogP contribution in [0.2, 0.25) is 10.0 Å². The summed E-state index contributed by atoms with van der Waals surface area (Å²) in [5.74, 6) is -0.274. The lowest BCUT2D eigenvalue weighted by atomic mass is 10.0. The summed E-state index contributed by atoms with van der Waals surface area (Å²) in [6.45, 7) is 1.84. The molecule has 0 aromatic heterocycles. The van der Waals surface area contributed by atoms with Crippen LogP contribution in [0.4, 0.5) is 4.39 Å². The van der Waals surface area contributed by atoms with Gasteiger partial charge in [0.15, 0.2) is 0 Å². The second-order valence-corrected chi connectivity index (χ2v) is 4.45. The van der Waals surface area contributed by atoms with Crippen molar-refractivity contribution in [2.75, 3.05) is 0 Å². The molecule has 3 heteroatoms. The summed E-state index contributed by atoms with van der Waals surface area (Å²) in [5.41, 5.74) is 2.03. The van der Waals surface area contributed by atoms with Crippen molar-refractivity contribution >= 4 is 23.2 Å². The first-order chi connectivity index (χ1) is 7.58. The summed E-state index contributed by atoms with van der Waals surface area (Å²) in [6.07, 6.45) is 0. The van der Waals surface area contributed by atoms with Crippen molar-refractivity contribution < 1.29 is 4.39 Å². The molecule has 0 bridgehead atoms. The van der Waals surface area contributed by atoms with Gasteiger partial charge in [0.1, 0.15) is 5.82 Å². The van der Waals surface area contributed by atoms with Gasteiger partial charge in [-0.05, 0) is 30.7 Å². The summed E-state index contributed by atoms with van der Waals surface area (Å²) in [6, 6.07) is 10.1. The average Bonchev–Trinajstić information content (AvgIpc) is 2.19. The molecule has 2 rings (SSSR count).